The van der Waals surface area contributed by atoms with E-state index in [0.717, 1.165) is 12.8 Å². The van der Waals surface area contributed by atoms with Gasteiger partial charge in [-0.1, -0.05) is 58.3 Å². The molecule has 0 saturated heterocycles. The lowest BCUT2D eigenvalue weighted by Gasteiger charge is -2.04. The molecule has 0 unspecified atom stereocenters. The van der Waals surface area contributed by atoms with Gasteiger partial charge in [-0.2, -0.15) is 0 Å². The van der Waals surface area contributed by atoms with Crippen LogP contribution in [0.15, 0.2) is 18.2 Å². The molecule has 0 aromatic heterocycles. The number of carbonyl (C=O) groups excluding carboxylic acids is 1. The van der Waals surface area contributed by atoms with Crippen molar-refractivity contribution in [1.29, 1.82) is 0 Å². The molecule has 118 valence electrons. The van der Waals surface area contributed by atoms with E-state index < -0.39 is 0 Å². The third-order valence-corrected chi connectivity index (χ3v) is 3.73. The fourth-order valence-electron chi connectivity index (χ4n) is 2.50. The summed E-state index contributed by atoms with van der Waals surface area (Å²) < 4.78 is 0. The number of hydrogen-bond acceptors (Lipinski definition) is 3. The van der Waals surface area contributed by atoms with Gasteiger partial charge >= 0.3 is 0 Å². The van der Waals surface area contributed by atoms with Gasteiger partial charge in [0.2, 0.25) is 0 Å². The van der Waals surface area contributed by atoms with Crippen LogP contribution in [0.5, 0.6) is 11.5 Å². The second-order valence-electron chi connectivity index (χ2n) is 5.74. The van der Waals surface area contributed by atoms with Crippen LogP contribution < -0.4 is 0 Å². The summed E-state index contributed by atoms with van der Waals surface area (Å²) in [5, 5.41) is 18.7. The van der Waals surface area contributed by atoms with Crippen LogP contribution in [0, 0.1) is 0 Å². The van der Waals surface area contributed by atoms with Crippen molar-refractivity contribution in [1.82, 2.24) is 0 Å². The zero-order valence-corrected chi connectivity index (χ0v) is 13.1. The van der Waals surface area contributed by atoms with Crippen molar-refractivity contribution in [3.8, 4) is 11.5 Å². The molecule has 1 aromatic rings. The maximum Gasteiger partial charge on any atom is 0.163 e. The number of carbonyl (C=O) groups is 1. The van der Waals surface area contributed by atoms with Gasteiger partial charge in [0, 0.05) is 18.1 Å². The topological polar surface area (TPSA) is 57.5 Å². The minimum atomic E-state index is -0.0644. The van der Waals surface area contributed by atoms with Gasteiger partial charge in [-0.05, 0) is 18.6 Å². The van der Waals surface area contributed by atoms with Crippen molar-refractivity contribution in [2.45, 2.75) is 71.1 Å². The summed E-state index contributed by atoms with van der Waals surface area (Å²) in [6, 6.07) is 4.06. The zero-order valence-electron chi connectivity index (χ0n) is 13.1. The molecule has 0 atom stereocenters. The average Bonchev–Trinajstić information content (AvgIpc) is 2.44. The van der Waals surface area contributed by atoms with Crippen LogP contribution in [-0.4, -0.2) is 16.0 Å². The molecular weight excluding hydrogens is 264 g/mol. The minimum Gasteiger partial charge on any atom is -0.508 e. The van der Waals surface area contributed by atoms with Crippen molar-refractivity contribution in [2.24, 2.45) is 0 Å². The summed E-state index contributed by atoms with van der Waals surface area (Å²) in [6.07, 6.45) is 11.5. The first-order valence-corrected chi connectivity index (χ1v) is 8.19. The first-order chi connectivity index (χ1) is 10.1. The highest BCUT2D eigenvalue weighted by Gasteiger charge is 2.08. The van der Waals surface area contributed by atoms with Crippen LogP contribution in [0.2, 0.25) is 0 Å². The van der Waals surface area contributed by atoms with Crippen LogP contribution in [0.25, 0.3) is 0 Å². The molecule has 0 saturated carbocycles. The van der Waals surface area contributed by atoms with Crippen molar-refractivity contribution in [3.63, 3.8) is 0 Å². The van der Waals surface area contributed by atoms with Gasteiger partial charge in [-0.15, -0.1) is 0 Å². The summed E-state index contributed by atoms with van der Waals surface area (Å²) in [5.41, 5.74) is 0.395. The molecule has 0 heterocycles. The van der Waals surface area contributed by atoms with E-state index in [-0.39, 0.29) is 17.3 Å². The Morgan fingerprint density at radius 1 is 0.810 bits per heavy atom. The van der Waals surface area contributed by atoms with Gasteiger partial charge in [0.15, 0.2) is 5.78 Å². The summed E-state index contributed by atoms with van der Waals surface area (Å²) in [4.78, 5) is 11.9. The number of aromatic hydroxyl groups is 2. The highest BCUT2D eigenvalue weighted by Crippen LogP contribution is 2.22. The van der Waals surface area contributed by atoms with Crippen molar-refractivity contribution in [3.05, 3.63) is 23.8 Å². The third-order valence-electron chi connectivity index (χ3n) is 3.73. The van der Waals surface area contributed by atoms with Gasteiger partial charge in [-0.25, -0.2) is 0 Å². The largest absolute Gasteiger partial charge is 0.508 e. The predicted molar refractivity (Wildman–Crippen MR) is 85.9 cm³/mol. The van der Waals surface area contributed by atoms with E-state index in [1.807, 2.05) is 0 Å². The number of phenols is 2. The first kappa shape index (κ1) is 17.5. The maximum atomic E-state index is 11.9. The SMILES string of the molecule is CCCCCCCCCCCC(=O)c1cc(O)cc(O)c1. The summed E-state index contributed by atoms with van der Waals surface area (Å²) in [7, 11) is 0. The lowest BCUT2D eigenvalue weighted by Crippen LogP contribution is -1.98. The number of ketones is 1. The Balaban J connectivity index is 2.11. The van der Waals surface area contributed by atoms with Crippen LogP contribution >= 0.6 is 0 Å². The highest BCUT2D eigenvalue weighted by molar-refractivity contribution is 5.96. The smallest absolute Gasteiger partial charge is 0.163 e. The zero-order chi connectivity index (χ0) is 15.5. The van der Waals surface area contributed by atoms with Crippen molar-refractivity contribution < 1.29 is 15.0 Å². The Morgan fingerprint density at radius 3 is 1.81 bits per heavy atom. The van der Waals surface area contributed by atoms with Crippen LogP contribution in [-0.2, 0) is 0 Å². The van der Waals surface area contributed by atoms with Gasteiger partial charge < -0.3 is 10.2 Å². The predicted octanol–water partition coefficient (Wildman–Crippen LogP) is 5.20. The molecule has 0 amide bonds. The highest BCUT2D eigenvalue weighted by atomic mass is 16.3. The summed E-state index contributed by atoms with van der Waals surface area (Å²) in [6.45, 7) is 2.23. The van der Waals surface area contributed by atoms with Crippen molar-refractivity contribution >= 4 is 5.78 Å². The second kappa shape index (κ2) is 10.3. The van der Waals surface area contributed by atoms with E-state index in [1.165, 1.54) is 63.1 Å². The summed E-state index contributed by atoms with van der Waals surface area (Å²) in [5.74, 6) is -0.139. The van der Waals surface area contributed by atoms with Crippen molar-refractivity contribution in [2.75, 3.05) is 0 Å². The number of Topliss-reactive ketones (excluding diaryl/α,β-unsaturated/α-hetero) is 1. The lowest BCUT2D eigenvalue weighted by atomic mass is 10.0. The van der Waals surface area contributed by atoms with Gasteiger partial charge in [0.25, 0.3) is 0 Å². The Labute approximate surface area is 128 Å². The second-order valence-corrected chi connectivity index (χ2v) is 5.74. The molecule has 1 rings (SSSR count). The monoisotopic (exact) mass is 292 g/mol. The standard InChI is InChI=1S/C18H28O3/c1-2-3-4-5-6-7-8-9-10-11-18(21)15-12-16(19)14-17(20)13-15/h12-14,19-20H,2-11H2,1H3. The Morgan fingerprint density at radius 2 is 1.29 bits per heavy atom. The van der Waals surface area contributed by atoms with Crippen LogP contribution in [0.4, 0.5) is 0 Å². The molecule has 0 radical (unpaired) electrons. The lowest BCUT2D eigenvalue weighted by molar-refractivity contribution is 0.0978. The van der Waals surface area contributed by atoms with E-state index in [2.05, 4.69) is 6.92 Å². The van der Waals surface area contributed by atoms with Crippen LogP contribution in [0.3, 0.4) is 0 Å². The quantitative estimate of drug-likeness (QED) is 0.435. The van der Waals surface area contributed by atoms with E-state index in [9.17, 15) is 15.0 Å². The average molecular weight is 292 g/mol. The molecule has 0 aliphatic heterocycles. The number of rotatable bonds is 11. The fourth-order valence-corrected chi connectivity index (χ4v) is 2.50. The Bertz CT molecular complexity index is 406. The van der Waals surface area contributed by atoms with E-state index in [1.54, 1.807) is 0 Å². The molecule has 21 heavy (non-hydrogen) atoms. The maximum absolute atomic E-state index is 11.9. The summed E-state index contributed by atoms with van der Waals surface area (Å²) >= 11 is 0. The van der Waals surface area contributed by atoms with Gasteiger partial charge in [0.1, 0.15) is 11.5 Å². The molecule has 3 heteroatoms. The normalized spacial score (nSPS) is 10.7. The van der Waals surface area contributed by atoms with E-state index in [4.69, 9.17) is 0 Å². The number of phenolic OH excluding ortho intramolecular Hbond substituents is 2. The first-order valence-electron chi connectivity index (χ1n) is 8.19. The van der Waals surface area contributed by atoms with Crippen LogP contribution in [0.1, 0.15) is 81.5 Å². The molecule has 0 fully saturated rings. The molecule has 0 aliphatic rings. The van der Waals surface area contributed by atoms with Gasteiger partial charge in [-0.3, -0.25) is 4.79 Å². The van der Waals surface area contributed by atoms with E-state index >= 15 is 0 Å². The molecule has 3 nitrogen and oxygen atoms in total. The number of benzene rings is 1. The van der Waals surface area contributed by atoms with Gasteiger partial charge in [0.05, 0.1) is 0 Å². The minimum absolute atomic E-state index is 0.0101. The fraction of sp³-hybridized carbons (Fsp3) is 0.611. The Hall–Kier alpha value is -1.51. The molecular formula is C18H28O3. The number of unbranched alkanes of at least 4 members (excludes halogenated alkanes) is 8. The van der Waals surface area contributed by atoms with E-state index in [0.29, 0.717) is 12.0 Å². The number of hydrogen-bond donors (Lipinski definition) is 2. The molecule has 2 N–H and O–H groups in total. The molecule has 0 bridgehead atoms. The molecule has 1 aromatic carbocycles. The molecule has 0 aliphatic carbocycles. The Kier molecular flexibility index (Phi) is 8.56. The third kappa shape index (κ3) is 7.74. The molecule has 0 spiro atoms.